The Kier molecular flexibility index (Phi) is 1.93. The average Bonchev–Trinajstić information content (AvgIpc) is 2.32. The highest BCUT2D eigenvalue weighted by molar-refractivity contribution is 5.02. The molecule has 0 aliphatic carbocycles. The molecule has 0 N–H and O–H groups in total. The van der Waals surface area contributed by atoms with Gasteiger partial charge in [0.25, 0.3) is 0 Å². The fraction of sp³-hybridized carbons (Fsp3) is 0.714. The van der Waals surface area contributed by atoms with Crippen LogP contribution < -0.4 is 0 Å². The van der Waals surface area contributed by atoms with E-state index in [2.05, 4.69) is 10.3 Å². The van der Waals surface area contributed by atoms with Crippen LogP contribution in [0.1, 0.15) is 26.5 Å². The maximum atomic E-state index is 13.2. The number of halogens is 1. The number of alkyl halides is 1. The molecule has 0 fully saturated rings. The number of aromatic nitrogens is 3. The predicted molar refractivity (Wildman–Crippen MR) is 39.8 cm³/mol. The van der Waals surface area contributed by atoms with Crippen molar-refractivity contribution < 1.29 is 4.39 Å². The third-order valence-corrected chi connectivity index (χ3v) is 1.47. The van der Waals surface area contributed by atoms with Crippen molar-refractivity contribution in [2.75, 3.05) is 0 Å². The number of nitrogens with zero attached hydrogens (tertiary/aromatic N) is 3. The molecule has 1 aromatic heterocycles. The van der Waals surface area contributed by atoms with E-state index in [0.29, 0.717) is 5.69 Å². The Bertz CT molecular complexity index is 236. The van der Waals surface area contributed by atoms with Crippen molar-refractivity contribution in [2.45, 2.75) is 33.0 Å². The van der Waals surface area contributed by atoms with E-state index in [9.17, 15) is 4.39 Å². The summed E-state index contributed by atoms with van der Waals surface area (Å²) in [6, 6.07) is 0. The van der Waals surface area contributed by atoms with Crippen LogP contribution in [0.15, 0.2) is 6.20 Å². The van der Waals surface area contributed by atoms with E-state index in [0.717, 1.165) is 6.54 Å². The highest BCUT2D eigenvalue weighted by Gasteiger charge is 2.22. The van der Waals surface area contributed by atoms with Crippen molar-refractivity contribution in [3.05, 3.63) is 11.9 Å². The molecule has 0 saturated carbocycles. The van der Waals surface area contributed by atoms with Crippen molar-refractivity contribution in [1.29, 1.82) is 0 Å². The van der Waals surface area contributed by atoms with Crippen LogP contribution in [0.2, 0.25) is 0 Å². The van der Waals surface area contributed by atoms with Gasteiger partial charge in [-0.15, -0.1) is 5.10 Å². The van der Waals surface area contributed by atoms with Crippen LogP contribution in [0, 0.1) is 0 Å². The van der Waals surface area contributed by atoms with E-state index in [1.807, 2.05) is 6.92 Å². The Labute approximate surface area is 65.2 Å². The highest BCUT2D eigenvalue weighted by atomic mass is 19.1. The minimum atomic E-state index is -1.38. The normalized spacial score (nSPS) is 12.0. The van der Waals surface area contributed by atoms with Gasteiger partial charge in [-0.2, -0.15) is 0 Å². The fourth-order valence-corrected chi connectivity index (χ4v) is 0.725. The zero-order chi connectivity index (χ0) is 8.48. The molecular weight excluding hydrogens is 145 g/mol. The molecule has 0 radical (unpaired) electrons. The van der Waals surface area contributed by atoms with Gasteiger partial charge in [-0.1, -0.05) is 5.21 Å². The number of hydrogen-bond donors (Lipinski definition) is 0. The van der Waals surface area contributed by atoms with E-state index in [-0.39, 0.29) is 0 Å². The Morgan fingerprint density at radius 3 is 2.55 bits per heavy atom. The molecule has 0 saturated heterocycles. The second-order valence-electron chi connectivity index (χ2n) is 2.93. The van der Waals surface area contributed by atoms with Crippen LogP contribution in [0.4, 0.5) is 4.39 Å². The average molecular weight is 157 g/mol. The van der Waals surface area contributed by atoms with Crippen LogP contribution in [-0.4, -0.2) is 15.0 Å². The molecule has 0 unspecified atom stereocenters. The van der Waals surface area contributed by atoms with Gasteiger partial charge in [-0.25, -0.2) is 4.39 Å². The SMILES string of the molecule is CCn1cc(C(C)(C)F)nn1. The molecule has 0 atom stereocenters. The lowest BCUT2D eigenvalue weighted by Crippen LogP contribution is -2.09. The van der Waals surface area contributed by atoms with E-state index in [4.69, 9.17) is 0 Å². The lowest BCUT2D eigenvalue weighted by Gasteiger charge is -2.07. The highest BCUT2D eigenvalue weighted by Crippen LogP contribution is 2.21. The molecule has 0 aromatic carbocycles. The van der Waals surface area contributed by atoms with Gasteiger partial charge in [0.2, 0.25) is 0 Å². The molecule has 11 heavy (non-hydrogen) atoms. The van der Waals surface area contributed by atoms with E-state index in [1.54, 1.807) is 10.9 Å². The van der Waals surface area contributed by atoms with Crippen LogP contribution in [0.5, 0.6) is 0 Å². The summed E-state index contributed by atoms with van der Waals surface area (Å²) in [5.41, 5.74) is -0.993. The second kappa shape index (κ2) is 2.60. The first kappa shape index (κ1) is 8.17. The number of hydrogen-bond acceptors (Lipinski definition) is 2. The lowest BCUT2D eigenvalue weighted by atomic mass is 10.1. The first-order valence-electron chi connectivity index (χ1n) is 3.63. The van der Waals surface area contributed by atoms with Gasteiger partial charge in [-0.05, 0) is 20.8 Å². The standard InChI is InChI=1S/C7H12FN3/c1-4-11-5-6(9-10-11)7(2,3)8/h5H,4H2,1-3H3. The molecule has 1 heterocycles. The van der Waals surface area contributed by atoms with Crippen molar-refractivity contribution in [3.63, 3.8) is 0 Å². The molecule has 4 heteroatoms. The minimum Gasteiger partial charge on any atom is -0.252 e. The number of aryl methyl sites for hydroxylation is 1. The van der Waals surface area contributed by atoms with Crippen molar-refractivity contribution in [3.8, 4) is 0 Å². The quantitative estimate of drug-likeness (QED) is 0.651. The molecule has 0 amide bonds. The van der Waals surface area contributed by atoms with E-state index in [1.165, 1.54) is 13.8 Å². The van der Waals surface area contributed by atoms with Crippen molar-refractivity contribution >= 4 is 0 Å². The van der Waals surface area contributed by atoms with Gasteiger partial charge in [-0.3, -0.25) is 4.68 Å². The van der Waals surface area contributed by atoms with Crippen LogP contribution in [-0.2, 0) is 12.2 Å². The molecular formula is C7H12FN3. The van der Waals surface area contributed by atoms with Gasteiger partial charge in [0, 0.05) is 6.54 Å². The molecule has 0 aliphatic rings. The molecule has 0 bridgehead atoms. The first-order valence-corrected chi connectivity index (χ1v) is 3.63. The Morgan fingerprint density at radius 1 is 1.64 bits per heavy atom. The topological polar surface area (TPSA) is 30.7 Å². The summed E-state index contributed by atoms with van der Waals surface area (Å²) >= 11 is 0. The molecule has 3 nitrogen and oxygen atoms in total. The van der Waals surface area contributed by atoms with Crippen LogP contribution >= 0.6 is 0 Å². The maximum Gasteiger partial charge on any atom is 0.150 e. The fourth-order valence-electron chi connectivity index (χ4n) is 0.725. The predicted octanol–water partition coefficient (Wildman–Crippen LogP) is 1.50. The summed E-state index contributed by atoms with van der Waals surface area (Å²) < 4.78 is 14.8. The number of rotatable bonds is 2. The van der Waals surface area contributed by atoms with Crippen LogP contribution in [0.3, 0.4) is 0 Å². The molecule has 62 valence electrons. The third-order valence-electron chi connectivity index (χ3n) is 1.47. The zero-order valence-corrected chi connectivity index (χ0v) is 7.00. The molecule has 1 rings (SSSR count). The summed E-state index contributed by atoms with van der Waals surface area (Å²) in [6.45, 7) is 5.60. The van der Waals surface area contributed by atoms with Gasteiger partial charge in [0.05, 0.1) is 6.20 Å². The van der Waals surface area contributed by atoms with Gasteiger partial charge in [0.15, 0.2) is 5.67 Å². The molecule has 1 aromatic rings. The summed E-state index contributed by atoms with van der Waals surface area (Å²) in [5.74, 6) is 0. The Balaban J connectivity index is 2.89. The van der Waals surface area contributed by atoms with E-state index < -0.39 is 5.67 Å². The van der Waals surface area contributed by atoms with Gasteiger partial charge >= 0.3 is 0 Å². The van der Waals surface area contributed by atoms with Crippen LogP contribution in [0.25, 0.3) is 0 Å². The zero-order valence-electron chi connectivity index (χ0n) is 7.00. The second-order valence-corrected chi connectivity index (χ2v) is 2.93. The lowest BCUT2D eigenvalue weighted by molar-refractivity contribution is 0.214. The summed E-state index contributed by atoms with van der Waals surface area (Å²) in [5, 5.41) is 7.42. The van der Waals surface area contributed by atoms with E-state index >= 15 is 0 Å². The summed E-state index contributed by atoms with van der Waals surface area (Å²) in [6.07, 6.45) is 1.62. The monoisotopic (exact) mass is 157 g/mol. The Hall–Kier alpha value is -0.930. The van der Waals surface area contributed by atoms with Crippen molar-refractivity contribution in [1.82, 2.24) is 15.0 Å². The molecule has 0 spiro atoms. The first-order chi connectivity index (χ1) is 5.04. The maximum absolute atomic E-state index is 13.2. The smallest absolute Gasteiger partial charge is 0.150 e. The van der Waals surface area contributed by atoms with Gasteiger partial charge in [0.1, 0.15) is 5.69 Å². The van der Waals surface area contributed by atoms with Gasteiger partial charge < -0.3 is 0 Å². The largest absolute Gasteiger partial charge is 0.252 e. The third kappa shape index (κ3) is 1.76. The minimum absolute atomic E-state index is 0.388. The summed E-state index contributed by atoms with van der Waals surface area (Å²) in [7, 11) is 0. The molecule has 0 aliphatic heterocycles. The van der Waals surface area contributed by atoms with Crippen molar-refractivity contribution in [2.24, 2.45) is 0 Å². The summed E-state index contributed by atoms with van der Waals surface area (Å²) in [4.78, 5) is 0. The Morgan fingerprint density at radius 2 is 2.27 bits per heavy atom.